The fourth-order valence-corrected chi connectivity index (χ4v) is 1.21. The van der Waals surface area contributed by atoms with Crippen LogP contribution in [0.3, 0.4) is 0 Å². The predicted octanol–water partition coefficient (Wildman–Crippen LogP) is 0.116. The van der Waals surface area contributed by atoms with Gasteiger partial charge in [0.15, 0.2) is 11.6 Å². The molecule has 2 rings (SSSR count). The summed E-state index contributed by atoms with van der Waals surface area (Å²) in [5.41, 5.74) is -0.246. The van der Waals surface area contributed by atoms with Gasteiger partial charge in [-0.25, -0.2) is 4.98 Å². The van der Waals surface area contributed by atoms with Crippen LogP contribution in [0.5, 0.6) is 0 Å². The van der Waals surface area contributed by atoms with Crippen molar-refractivity contribution in [1.29, 1.82) is 0 Å². The zero-order valence-electron chi connectivity index (χ0n) is 8.73. The number of nitrogens with zero attached hydrogens (tertiary/aromatic N) is 3. The minimum atomic E-state index is -0.246. The van der Waals surface area contributed by atoms with E-state index in [2.05, 4.69) is 25.4 Å². The first-order valence-electron chi connectivity index (χ1n) is 4.82. The molecular formula is C9H11N5O2. The minimum absolute atomic E-state index is 0.246. The second kappa shape index (κ2) is 4.56. The van der Waals surface area contributed by atoms with Crippen molar-refractivity contribution in [2.24, 2.45) is 0 Å². The number of hydrogen-bond acceptors (Lipinski definition) is 6. The molecule has 2 aromatic rings. The number of aromatic amines is 1. The summed E-state index contributed by atoms with van der Waals surface area (Å²) >= 11 is 0. The maximum absolute atomic E-state index is 11.2. The number of hydrogen-bond donors (Lipinski definition) is 2. The Bertz CT molecular complexity index is 518. The zero-order chi connectivity index (χ0) is 11.4. The highest BCUT2D eigenvalue weighted by atomic mass is 16.5. The standard InChI is InChI=1S/C9H11N5O2/c1-6-13-7(16-14-6)2-3-10-8-9(15)12-5-4-11-8/h4-5H,2-3H2,1H3,(H,10,11)(H,12,15). The molecule has 2 N–H and O–H groups in total. The number of nitrogens with one attached hydrogen (secondary N) is 2. The Morgan fingerprint density at radius 2 is 2.44 bits per heavy atom. The van der Waals surface area contributed by atoms with Gasteiger partial charge in [-0.15, -0.1) is 0 Å². The van der Waals surface area contributed by atoms with Gasteiger partial charge in [-0.05, 0) is 6.92 Å². The van der Waals surface area contributed by atoms with Gasteiger partial charge >= 0.3 is 0 Å². The molecular weight excluding hydrogens is 210 g/mol. The Hall–Kier alpha value is -2.18. The van der Waals surface area contributed by atoms with E-state index in [9.17, 15) is 4.79 Å². The first-order valence-corrected chi connectivity index (χ1v) is 4.82. The van der Waals surface area contributed by atoms with Crippen molar-refractivity contribution < 1.29 is 4.52 Å². The lowest BCUT2D eigenvalue weighted by atomic mass is 10.4. The second-order valence-corrected chi connectivity index (χ2v) is 3.18. The van der Waals surface area contributed by atoms with E-state index in [1.165, 1.54) is 12.4 Å². The van der Waals surface area contributed by atoms with Crippen LogP contribution < -0.4 is 10.9 Å². The van der Waals surface area contributed by atoms with E-state index in [4.69, 9.17) is 4.52 Å². The zero-order valence-corrected chi connectivity index (χ0v) is 8.73. The average Bonchev–Trinajstić information content (AvgIpc) is 2.67. The molecule has 2 aromatic heterocycles. The highest BCUT2D eigenvalue weighted by Crippen LogP contribution is 1.97. The molecule has 2 heterocycles. The summed E-state index contributed by atoms with van der Waals surface area (Å²) in [5, 5.41) is 6.55. The van der Waals surface area contributed by atoms with Crippen molar-refractivity contribution in [3.63, 3.8) is 0 Å². The van der Waals surface area contributed by atoms with E-state index >= 15 is 0 Å². The van der Waals surface area contributed by atoms with Crippen LogP contribution in [0.15, 0.2) is 21.7 Å². The van der Waals surface area contributed by atoms with Gasteiger partial charge in [-0.3, -0.25) is 4.79 Å². The molecule has 0 bridgehead atoms. The number of aryl methyl sites for hydroxylation is 1. The summed E-state index contributed by atoms with van der Waals surface area (Å²) in [4.78, 5) is 21.7. The molecule has 0 radical (unpaired) electrons. The van der Waals surface area contributed by atoms with Gasteiger partial charge in [0.05, 0.1) is 0 Å². The number of rotatable bonds is 4. The largest absolute Gasteiger partial charge is 0.365 e. The van der Waals surface area contributed by atoms with Gasteiger partial charge < -0.3 is 14.8 Å². The Balaban J connectivity index is 1.89. The van der Waals surface area contributed by atoms with Crippen molar-refractivity contribution in [2.45, 2.75) is 13.3 Å². The van der Waals surface area contributed by atoms with Gasteiger partial charge in [0, 0.05) is 25.4 Å². The van der Waals surface area contributed by atoms with Crippen molar-refractivity contribution in [1.82, 2.24) is 20.1 Å². The average molecular weight is 221 g/mol. The van der Waals surface area contributed by atoms with Crippen LogP contribution >= 0.6 is 0 Å². The van der Waals surface area contributed by atoms with Crippen LogP contribution in [0.1, 0.15) is 11.7 Å². The summed E-state index contributed by atoms with van der Waals surface area (Å²) in [6.07, 6.45) is 3.55. The third-order valence-electron chi connectivity index (χ3n) is 1.91. The van der Waals surface area contributed by atoms with E-state index in [-0.39, 0.29) is 5.56 Å². The summed E-state index contributed by atoms with van der Waals surface area (Å²) in [5.74, 6) is 1.43. The Labute approximate surface area is 90.9 Å². The molecule has 0 aliphatic carbocycles. The summed E-state index contributed by atoms with van der Waals surface area (Å²) in [6, 6.07) is 0. The summed E-state index contributed by atoms with van der Waals surface area (Å²) in [6.45, 7) is 2.27. The van der Waals surface area contributed by atoms with E-state index in [1.807, 2.05) is 0 Å². The monoisotopic (exact) mass is 221 g/mol. The van der Waals surface area contributed by atoms with Crippen LogP contribution in [0.4, 0.5) is 5.82 Å². The van der Waals surface area contributed by atoms with E-state index < -0.39 is 0 Å². The second-order valence-electron chi connectivity index (χ2n) is 3.18. The lowest BCUT2D eigenvalue weighted by Crippen LogP contribution is -2.17. The molecule has 0 atom stereocenters. The molecule has 7 nitrogen and oxygen atoms in total. The van der Waals surface area contributed by atoms with Crippen molar-refractivity contribution in [3.05, 3.63) is 34.5 Å². The molecule has 0 saturated heterocycles. The number of anilines is 1. The Kier molecular flexibility index (Phi) is 2.95. The normalized spacial score (nSPS) is 10.3. The predicted molar refractivity (Wildman–Crippen MR) is 56.1 cm³/mol. The van der Waals surface area contributed by atoms with E-state index in [0.717, 1.165) is 0 Å². The van der Waals surface area contributed by atoms with E-state index in [0.29, 0.717) is 30.5 Å². The SMILES string of the molecule is Cc1noc(CCNc2ncc[nH]c2=O)n1. The van der Waals surface area contributed by atoms with Crippen LogP contribution in [-0.2, 0) is 6.42 Å². The molecule has 0 unspecified atom stereocenters. The maximum Gasteiger partial charge on any atom is 0.290 e. The molecule has 0 spiro atoms. The summed E-state index contributed by atoms with van der Waals surface area (Å²) < 4.78 is 4.93. The molecule has 0 aliphatic heterocycles. The summed E-state index contributed by atoms with van der Waals surface area (Å²) in [7, 11) is 0. The maximum atomic E-state index is 11.2. The molecule has 7 heteroatoms. The first-order chi connectivity index (χ1) is 7.75. The van der Waals surface area contributed by atoms with Crippen LogP contribution in [0.25, 0.3) is 0 Å². The van der Waals surface area contributed by atoms with Gasteiger partial charge in [0.2, 0.25) is 5.89 Å². The van der Waals surface area contributed by atoms with Gasteiger partial charge in [-0.1, -0.05) is 5.16 Å². The highest BCUT2D eigenvalue weighted by molar-refractivity contribution is 5.29. The topological polar surface area (TPSA) is 96.7 Å². The van der Waals surface area contributed by atoms with Crippen LogP contribution in [0, 0.1) is 6.92 Å². The third kappa shape index (κ3) is 2.44. The molecule has 0 amide bonds. The molecule has 16 heavy (non-hydrogen) atoms. The van der Waals surface area contributed by atoms with Gasteiger partial charge in [0.25, 0.3) is 5.56 Å². The molecule has 0 aromatic carbocycles. The third-order valence-corrected chi connectivity index (χ3v) is 1.91. The quantitative estimate of drug-likeness (QED) is 0.760. The van der Waals surface area contributed by atoms with Crippen molar-refractivity contribution >= 4 is 5.82 Å². The lowest BCUT2D eigenvalue weighted by Gasteiger charge is -2.00. The molecule has 84 valence electrons. The van der Waals surface area contributed by atoms with Gasteiger partial charge in [0.1, 0.15) is 0 Å². The lowest BCUT2D eigenvalue weighted by molar-refractivity contribution is 0.377. The Morgan fingerprint density at radius 1 is 1.56 bits per heavy atom. The molecule has 0 saturated carbocycles. The minimum Gasteiger partial charge on any atom is -0.365 e. The Morgan fingerprint density at radius 3 is 3.12 bits per heavy atom. The first kappa shape index (κ1) is 10.3. The van der Waals surface area contributed by atoms with Crippen molar-refractivity contribution in [3.8, 4) is 0 Å². The van der Waals surface area contributed by atoms with Crippen LogP contribution in [-0.4, -0.2) is 26.7 Å². The smallest absolute Gasteiger partial charge is 0.290 e. The fraction of sp³-hybridized carbons (Fsp3) is 0.333. The number of H-pyrrole nitrogens is 1. The number of aromatic nitrogens is 4. The molecule has 0 aliphatic rings. The van der Waals surface area contributed by atoms with Crippen molar-refractivity contribution in [2.75, 3.05) is 11.9 Å². The van der Waals surface area contributed by atoms with Crippen LogP contribution in [0.2, 0.25) is 0 Å². The van der Waals surface area contributed by atoms with E-state index in [1.54, 1.807) is 6.92 Å². The van der Waals surface area contributed by atoms with Gasteiger partial charge in [-0.2, -0.15) is 4.98 Å². The fourth-order valence-electron chi connectivity index (χ4n) is 1.21. The molecule has 0 fully saturated rings. The highest BCUT2D eigenvalue weighted by Gasteiger charge is 2.03.